The zero-order valence-electron chi connectivity index (χ0n) is 15.0. The van der Waals surface area contributed by atoms with Crippen LogP contribution in [-0.4, -0.2) is 68.7 Å². The third-order valence-corrected chi connectivity index (χ3v) is 5.91. The number of fused-ring (bicyclic) bond motifs is 1. The molecule has 1 fully saturated rings. The highest BCUT2D eigenvalue weighted by molar-refractivity contribution is 7.10. The van der Waals surface area contributed by atoms with Crippen LogP contribution in [0.25, 0.3) is 0 Å². The molecule has 6 heteroatoms. The quantitative estimate of drug-likeness (QED) is 0.630. The van der Waals surface area contributed by atoms with Gasteiger partial charge in [-0.05, 0) is 36.8 Å². The summed E-state index contributed by atoms with van der Waals surface area (Å²) in [7, 11) is 1.79. The van der Waals surface area contributed by atoms with E-state index in [4.69, 9.17) is 9.73 Å². The van der Waals surface area contributed by atoms with Crippen molar-refractivity contribution >= 4 is 17.3 Å². The van der Waals surface area contributed by atoms with Crippen LogP contribution in [-0.2, 0) is 17.7 Å². The molecule has 2 aliphatic rings. The Bertz CT molecular complexity index is 545. The van der Waals surface area contributed by atoms with Crippen molar-refractivity contribution in [3.8, 4) is 0 Å². The molecule has 0 aliphatic carbocycles. The third-order valence-electron chi connectivity index (χ3n) is 4.89. The number of thiophene rings is 1. The molecule has 1 atom stereocenters. The minimum Gasteiger partial charge on any atom is -0.384 e. The third kappa shape index (κ3) is 4.49. The lowest BCUT2D eigenvalue weighted by atomic mass is 10.1. The van der Waals surface area contributed by atoms with Gasteiger partial charge in [0.25, 0.3) is 0 Å². The van der Waals surface area contributed by atoms with E-state index in [0.717, 1.165) is 51.8 Å². The van der Waals surface area contributed by atoms with Gasteiger partial charge in [-0.2, -0.15) is 0 Å². The van der Waals surface area contributed by atoms with Crippen molar-refractivity contribution in [3.63, 3.8) is 0 Å². The van der Waals surface area contributed by atoms with E-state index in [2.05, 4.69) is 33.5 Å². The molecular weight excluding hydrogens is 320 g/mol. The van der Waals surface area contributed by atoms with Gasteiger partial charge < -0.3 is 15.0 Å². The fourth-order valence-corrected chi connectivity index (χ4v) is 4.51. The molecule has 0 spiro atoms. The van der Waals surface area contributed by atoms with Crippen molar-refractivity contribution in [2.45, 2.75) is 26.3 Å². The summed E-state index contributed by atoms with van der Waals surface area (Å²) < 4.78 is 5.30. The first-order valence-corrected chi connectivity index (χ1v) is 9.98. The van der Waals surface area contributed by atoms with Crippen molar-refractivity contribution < 1.29 is 4.74 Å². The molecule has 24 heavy (non-hydrogen) atoms. The number of hydrogen-bond donors (Lipinski definition) is 1. The van der Waals surface area contributed by atoms with Gasteiger partial charge in [0.1, 0.15) is 0 Å². The van der Waals surface area contributed by atoms with Crippen LogP contribution < -0.4 is 5.32 Å². The zero-order chi connectivity index (χ0) is 16.8. The van der Waals surface area contributed by atoms with E-state index in [1.54, 1.807) is 12.0 Å². The molecule has 5 nitrogen and oxygen atoms in total. The normalized spacial score (nSPS) is 22.0. The first-order chi connectivity index (χ1) is 11.8. The number of ether oxygens (including phenoxy) is 1. The van der Waals surface area contributed by atoms with Gasteiger partial charge >= 0.3 is 0 Å². The lowest BCUT2D eigenvalue weighted by Gasteiger charge is -2.26. The van der Waals surface area contributed by atoms with E-state index in [9.17, 15) is 0 Å². The second-order valence-corrected chi connectivity index (χ2v) is 7.69. The Morgan fingerprint density at radius 2 is 2.38 bits per heavy atom. The number of nitrogens with one attached hydrogen (secondary N) is 1. The van der Waals surface area contributed by atoms with Crippen LogP contribution in [0.2, 0.25) is 0 Å². The highest BCUT2D eigenvalue weighted by Gasteiger charge is 2.24. The molecule has 3 heterocycles. The minimum absolute atomic E-state index is 0.637. The standard InChI is InChI=1S/C18H30N4OS/c1-3-19-18(22-9-4-15(12-22)14-23-2)20-7-10-21-8-5-17-16(13-21)6-11-24-17/h6,11,15H,3-5,7-10,12-14H2,1-2H3,(H,19,20). The van der Waals surface area contributed by atoms with Crippen molar-refractivity contribution in [2.24, 2.45) is 10.9 Å². The molecule has 3 rings (SSSR count). The molecule has 0 bridgehead atoms. The van der Waals surface area contributed by atoms with Crippen LogP contribution in [0.4, 0.5) is 0 Å². The van der Waals surface area contributed by atoms with Gasteiger partial charge in [0, 0.05) is 57.2 Å². The van der Waals surface area contributed by atoms with E-state index in [-0.39, 0.29) is 0 Å². The van der Waals surface area contributed by atoms with E-state index >= 15 is 0 Å². The maximum atomic E-state index is 5.30. The van der Waals surface area contributed by atoms with Crippen LogP contribution in [0.15, 0.2) is 16.4 Å². The van der Waals surface area contributed by atoms with Crippen LogP contribution in [0.5, 0.6) is 0 Å². The topological polar surface area (TPSA) is 40.1 Å². The Morgan fingerprint density at radius 1 is 1.46 bits per heavy atom. The summed E-state index contributed by atoms with van der Waals surface area (Å²) in [5.74, 6) is 1.71. The van der Waals surface area contributed by atoms with Crippen LogP contribution in [0, 0.1) is 5.92 Å². The van der Waals surface area contributed by atoms with Gasteiger partial charge in [0.05, 0.1) is 13.2 Å². The second kappa shape index (κ2) is 8.83. The fourth-order valence-electron chi connectivity index (χ4n) is 3.62. The number of rotatable bonds is 6. The first kappa shape index (κ1) is 17.7. The van der Waals surface area contributed by atoms with Crippen LogP contribution in [0.1, 0.15) is 23.8 Å². The second-order valence-electron chi connectivity index (χ2n) is 6.69. The summed E-state index contributed by atoms with van der Waals surface area (Å²) in [6, 6.07) is 2.28. The molecule has 0 saturated carbocycles. The van der Waals surface area contributed by atoms with E-state index < -0.39 is 0 Å². The molecule has 1 aromatic rings. The van der Waals surface area contributed by atoms with Gasteiger partial charge in [0.2, 0.25) is 0 Å². The molecule has 1 N–H and O–H groups in total. The molecule has 1 saturated heterocycles. The Balaban J connectivity index is 1.49. The van der Waals surface area contributed by atoms with Gasteiger partial charge in [-0.15, -0.1) is 11.3 Å². The Morgan fingerprint density at radius 3 is 3.21 bits per heavy atom. The summed E-state index contributed by atoms with van der Waals surface area (Å²) in [6.07, 6.45) is 2.40. The lowest BCUT2D eigenvalue weighted by molar-refractivity contribution is 0.157. The molecular formula is C18H30N4OS. The number of nitrogens with zero attached hydrogens (tertiary/aromatic N) is 3. The number of guanidine groups is 1. The number of hydrogen-bond acceptors (Lipinski definition) is 4. The van der Waals surface area contributed by atoms with E-state index in [1.807, 2.05) is 11.3 Å². The molecule has 0 aromatic carbocycles. The van der Waals surface area contributed by atoms with Crippen molar-refractivity contribution in [1.82, 2.24) is 15.1 Å². The number of methoxy groups -OCH3 is 1. The van der Waals surface area contributed by atoms with Crippen LogP contribution in [0.3, 0.4) is 0 Å². The lowest BCUT2D eigenvalue weighted by Crippen LogP contribution is -2.41. The predicted molar refractivity (Wildman–Crippen MR) is 101 cm³/mol. The van der Waals surface area contributed by atoms with Gasteiger partial charge in [0.15, 0.2) is 5.96 Å². The summed E-state index contributed by atoms with van der Waals surface area (Å²) in [6.45, 7) is 10.2. The summed E-state index contributed by atoms with van der Waals surface area (Å²) in [5.41, 5.74) is 1.52. The zero-order valence-corrected chi connectivity index (χ0v) is 15.8. The largest absolute Gasteiger partial charge is 0.384 e. The highest BCUT2D eigenvalue weighted by Crippen LogP contribution is 2.23. The highest BCUT2D eigenvalue weighted by atomic mass is 32.1. The maximum Gasteiger partial charge on any atom is 0.193 e. The van der Waals surface area contributed by atoms with Crippen molar-refractivity contribution in [1.29, 1.82) is 0 Å². The Kier molecular flexibility index (Phi) is 6.51. The fraction of sp³-hybridized carbons (Fsp3) is 0.722. The molecule has 2 aliphatic heterocycles. The van der Waals surface area contributed by atoms with Crippen LogP contribution >= 0.6 is 11.3 Å². The minimum atomic E-state index is 0.637. The Hall–Kier alpha value is -1.11. The van der Waals surface area contributed by atoms with E-state index in [1.165, 1.54) is 24.9 Å². The first-order valence-electron chi connectivity index (χ1n) is 9.10. The smallest absolute Gasteiger partial charge is 0.193 e. The van der Waals surface area contributed by atoms with Gasteiger partial charge in [-0.1, -0.05) is 0 Å². The van der Waals surface area contributed by atoms with E-state index in [0.29, 0.717) is 5.92 Å². The SMILES string of the molecule is CCNC(=NCCN1CCc2sccc2C1)N1CCC(COC)C1. The average Bonchev–Trinajstić information content (AvgIpc) is 3.23. The number of aliphatic imine (C=N–C) groups is 1. The molecule has 0 amide bonds. The monoisotopic (exact) mass is 350 g/mol. The van der Waals surface area contributed by atoms with Crippen molar-refractivity contribution in [2.75, 3.05) is 53.0 Å². The van der Waals surface area contributed by atoms with Crippen molar-refractivity contribution in [3.05, 3.63) is 21.9 Å². The number of likely N-dealkylation sites (tertiary alicyclic amines) is 1. The molecule has 1 aromatic heterocycles. The summed E-state index contributed by atoms with van der Waals surface area (Å²) in [5, 5.41) is 5.68. The Labute approximate surface area is 149 Å². The maximum absolute atomic E-state index is 5.30. The molecule has 134 valence electrons. The molecule has 0 radical (unpaired) electrons. The van der Waals surface area contributed by atoms with Gasteiger partial charge in [-0.3, -0.25) is 9.89 Å². The summed E-state index contributed by atoms with van der Waals surface area (Å²) in [4.78, 5) is 11.4. The average molecular weight is 351 g/mol. The molecule has 1 unspecified atom stereocenters. The summed E-state index contributed by atoms with van der Waals surface area (Å²) >= 11 is 1.90. The predicted octanol–water partition coefficient (Wildman–Crippen LogP) is 2.04. The van der Waals surface area contributed by atoms with Gasteiger partial charge in [-0.25, -0.2) is 0 Å².